The van der Waals surface area contributed by atoms with Crippen LogP contribution in [-0.2, 0) is 13.2 Å². The maximum absolute atomic E-state index is 13.1. The average molecular weight is 529 g/mol. The number of benzene rings is 4. The van der Waals surface area contributed by atoms with E-state index in [0.29, 0.717) is 36.1 Å². The van der Waals surface area contributed by atoms with Crippen molar-refractivity contribution in [2.45, 2.75) is 13.2 Å². The van der Waals surface area contributed by atoms with Gasteiger partial charge in [-0.25, -0.2) is 9.36 Å². The Labute approximate surface area is 230 Å². The summed E-state index contributed by atoms with van der Waals surface area (Å²) in [6, 6.07) is 34.7. The van der Waals surface area contributed by atoms with Crippen LogP contribution in [0.15, 0.2) is 122 Å². The van der Waals surface area contributed by atoms with Gasteiger partial charge in [0, 0.05) is 12.1 Å². The summed E-state index contributed by atoms with van der Waals surface area (Å²) in [5.41, 5.74) is 3.88. The van der Waals surface area contributed by atoms with Crippen molar-refractivity contribution in [1.29, 1.82) is 0 Å². The lowest BCUT2D eigenvalue weighted by molar-refractivity contribution is 0.102. The molecule has 0 aliphatic rings. The lowest BCUT2D eigenvalue weighted by atomic mass is 10.2. The first-order valence-electron chi connectivity index (χ1n) is 12.6. The van der Waals surface area contributed by atoms with Crippen LogP contribution in [0.1, 0.15) is 27.3 Å². The summed E-state index contributed by atoms with van der Waals surface area (Å²) < 4.78 is 14.9. The highest BCUT2D eigenvalue weighted by atomic mass is 16.5. The Bertz CT molecular complexity index is 1600. The van der Waals surface area contributed by atoms with E-state index in [4.69, 9.17) is 9.47 Å². The molecule has 6 rings (SSSR count). The highest BCUT2D eigenvalue weighted by Gasteiger charge is 2.18. The number of carbonyl (C=O) groups excluding carboxylic acids is 1. The molecule has 0 fully saturated rings. The molecule has 9 heteroatoms. The summed E-state index contributed by atoms with van der Waals surface area (Å²) >= 11 is 0. The molecule has 0 radical (unpaired) electrons. The Morgan fingerprint density at radius 1 is 0.575 bits per heavy atom. The van der Waals surface area contributed by atoms with E-state index >= 15 is 0 Å². The summed E-state index contributed by atoms with van der Waals surface area (Å²) in [4.78, 5) is 13.1. The zero-order valence-corrected chi connectivity index (χ0v) is 21.4. The number of hydrogen-bond donors (Lipinski definition) is 0. The largest absolute Gasteiger partial charge is 0.489 e. The Balaban J connectivity index is 1.13. The van der Waals surface area contributed by atoms with Gasteiger partial charge in [0.15, 0.2) is 11.4 Å². The van der Waals surface area contributed by atoms with Crippen molar-refractivity contribution >= 4 is 5.78 Å². The van der Waals surface area contributed by atoms with Gasteiger partial charge in [-0.3, -0.25) is 4.79 Å². The molecule has 9 nitrogen and oxygen atoms in total. The molecule has 0 amide bonds. The smallest absolute Gasteiger partial charge is 0.236 e. The molecule has 0 N–H and O–H groups in total. The van der Waals surface area contributed by atoms with Gasteiger partial charge in [0.2, 0.25) is 5.78 Å². The van der Waals surface area contributed by atoms with Gasteiger partial charge < -0.3 is 9.47 Å². The van der Waals surface area contributed by atoms with Gasteiger partial charge in [-0.05, 0) is 35.4 Å². The molecular weight excluding hydrogens is 504 g/mol. The van der Waals surface area contributed by atoms with Crippen molar-refractivity contribution in [3.63, 3.8) is 0 Å². The molecule has 4 aromatic carbocycles. The molecule has 40 heavy (non-hydrogen) atoms. The summed E-state index contributed by atoms with van der Waals surface area (Å²) in [5.74, 6) is 0.982. The molecule has 6 aromatic rings. The average Bonchev–Trinajstić information content (AvgIpc) is 3.71. The molecule has 0 aliphatic heterocycles. The highest BCUT2D eigenvalue weighted by molar-refractivity contribution is 6.05. The van der Waals surface area contributed by atoms with Crippen molar-refractivity contribution in [3.05, 3.63) is 144 Å². The third-order valence-electron chi connectivity index (χ3n) is 6.11. The molecule has 196 valence electrons. The normalized spacial score (nSPS) is 10.8. The monoisotopic (exact) mass is 528 g/mol. The van der Waals surface area contributed by atoms with Gasteiger partial charge in [0.05, 0.1) is 23.8 Å². The number of ether oxygens (including phenoxy) is 2. The summed E-state index contributed by atoms with van der Waals surface area (Å²) in [6.07, 6.45) is 3.13. The van der Waals surface area contributed by atoms with E-state index in [0.717, 1.165) is 11.1 Å². The lowest BCUT2D eigenvalue weighted by Crippen LogP contribution is -2.02. The van der Waals surface area contributed by atoms with Crippen molar-refractivity contribution in [3.8, 4) is 22.9 Å². The Hall–Kier alpha value is -5.57. The fourth-order valence-corrected chi connectivity index (χ4v) is 4.03. The van der Waals surface area contributed by atoms with Gasteiger partial charge in [-0.2, -0.15) is 0 Å². The first-order valence-corrected chi connectivity index (χ1v) is 12.6. The zero-order valence-electron chi connectivity index (χ0n) is 21.4. The molecule has 0 saturated heterocycles. The summed E-state index contributed by atoms with van der Waals surface area (Å²) in [6.45, 7) is 0.895. The third kappa shape index (κ3) is 5.78. The van der Waals surface area contributed by atoms with E-state index in [2.05, 4.69) is 20.6 Å². The van der Waals surface area contributed by atoms with E-state index in [1.165, 1.54) is 9.36 Å². The van der Waals surface area contributed by atoms with Gasteiger partial charge in [0.1, 0.15) is 24.7 Å². The van der Waals surface area contributed by atoms with Crippen molar-refractivity contribution < 1.29 is 14.3 Å². The second-order valence-electron chi connectivity index (χ2n) is 8.97. The minimum absolute atomic E-state index is 0.155. The molecule has 2 aromatic heterocycles. The van der Waals surface area contributed by atoms with Crippen LogP contribution in [-0.4, -0.2) is 35.8 Å². The van der Waals surface area contributed by atoms with Crippen molar-refractivity contribution in [2.75, 3.05) is 0 Å². The summed E-state index contributed by atoms with van der Waals surface area (Å²) in [7, 11) is 0. The van der Waals surface area contributed by atoms with Crippen LogP contribution in [0.5, 0.6) is 11.5 Å². The number of aromatic nitrogens is 6. The number of ketones is 1. The van der Waals surface area contributed by atoms with E-state index in [9.17, 15) is 4.79 Å². The Kier molecular flexibility index (Phi) is 7.08. The molecule has 0 atom stereocenters. The maximum atomic E-state index is 13.1. The maximum Gasteiger partial charge on any atom is 0.236 e. The van der Waals surface area contributed by atoms with Crippen LogP contribution >= 0.6 is 0 Å². The first kappa shape index (κ1) is 24.7. The van der Waals surface area contributed by atoms with Gasteiger partial charge in [-0.1, -0.05) is 83.2 Å². The van der Waals surface area contributed by atoms with Crippen LogP contribution in [0, 0.1) is 0 Å². The molecule has 0 aliphatic carbocycles. The number of rotatable bonds is 10. The Morgan fingerprint density at radius 3 is 1.48 bits per heavy atom. The Morgan fingerprint density at radius 2 is 1.02 bits per heavy atom. The van der Waals surface area contributed by atoms with Gasteiger partial charge in [0.25, 0.3) is 0 Å². The standard InChI is InChI=1S/C31H24N6O3/c38-31(29-19-36(34-32-29)25-13-7-15-27(17-25)39-21-23-9-3-1-4-10-23)30-20-37(35-33-30)26-14-8-16-28(18-26)40-22-24-11-5-2-6-12-24/h1-20H,21-22H2. The zero-order chi connectivity index (χ0) is 27.1. The lowest BCUT2D eigenvalue weighted by Gasteiger charge is -2.08. The third-order valence-corrected chi connectivity index (χ3v) is 6.11. The number of nitrogens with zero attached hydrogens (tertiary/aromatic N) is 6. The first-order chi connectivity index (χ1) is 19.7. The molecule has 2 heterocycles. The molecule has 0 spiro atoms. The fraction of sp³-hybridized carbons (Fsp3) is 0.0645. The van der Waals surface area contributed by atoms with Crippen LogP contribution < -0.4 is 9.47 Å². The number of hydrogen-bond acceptors (Lipinski definition) is 7. The van der Waals surface area contributed by atoms with Crippen molar-refractivity contribution in [1.82, 2.24) is 30.0 Å². The minimum Gasteiger partial charge on any atom is -0.489 e. The number of carbonyl (C=O) groups is 1. The van der Waals surface area contributed by atoms with Crippen LogP contribution in [0.25, 0.3) is 11.4 Å². The molecular formula is C31H24N6O3. The topological polar surface area (TPSA) is 97.0 Å². The van der Waals surface area contributed by atoms with Gasteiger partial charge >= 0.3 is 0 Å². The molecule has 0 bridgehead atoms. The second-order valence-corrected chi connectivity index (χ2v) is 8.97. The minimum atomic E-state index is -0.384. The quantitative estimate of drug-likeness (QED) is 0.224. The molecule has 0 saturated carbocycles. The van der Waals surface area contributed by atoms with Crippen molar-refractivity contribution in [2.24, 2.45) is 0 Å². The van der Waals surface area contributed by atoms with E-state index < -0.39 is 0 Å². The van der Waals surface area contributed by atoms with E-state index in [-0.39, 0.29) is 17.2 Å². The molecule has 0 unspecified atom stereocenters. The SMILES string of the molecule is O=C(c1cn(-c2cccc(OCc3ccccc3)c2)nn1)c1cn(-c2cccc(OCc3ccccc3)c2)nn1. The predicted octanol–water partition coefficient (Wildman–Crippen LogP) is 5.24. The second kappa shape index (κ2) is 11.4. The fourth-order valence-electron chi connectivity index (χ4n) is 4.03. The van der Waals surface area contributed by atoms with Crippen LogP contribution in [0.4, 0.5) is 0 Å². The predicted molar refractivity (Wildman–Crippen MR) is 148 cm³/mol. The highest BCUT2D eigenvalue weighted by Crippen LogP contribution is 2.20. The van der Waals surface area contributed by atoms with Gasteiger partial charge in [-0.15, -0.1) is 10.2 Å². The van der Waals surface area contributed by atoms with Crippen LogP contribution in [0.2, 0.25) is 0 Å². The summed E-state index contributed by atoms with van der Waals surface area (Å²) in [5, 5.41) is 16.4. The van der Waals surface area contributed by atoms with E-state index in [1.807, 2.05) is 109 Å². The van der Waals surface area contributed by atoms with E-state index in [1.54, 1.807) is 12.4 Å². The van der Waals surface area contributed by atoms with Crippen LogP contribution in [0.3, 0.4) is 0 Å².